The monoisotopic (exact) mass is 408 g/mol. The average Bonchev–Trinajstić information content (AvgIpc) is 2.55. The third-order valence-electron chi connectivity index (χ3n) is 7.94. The Bertz CT molecular complexity index is 652. The number of hydrogen-bond donors (Lipinski definition) is 1. The van der Waals surface area contributed by atoms with Gasteiger partial charge in [-0.05, 0) is 62.7 Å². The van der Waals surface area contributed by atoms with Gasteiger partial charge in [0.05, 0.1) is 0 Å². The van der Waals surface area contributed by atoms with Crippen molar-refractivity contribution in [2.75, 3.05) is 0 Å². The van der Waals surface area contributed by atoms with Crippen LogP contribution in [-0.4, -0.2) is 34.4 Å². The van der Waals surface area contributed by atoms with Crippen molar-refractivity contribution in [3.05, 3.63) is 12.7 Å². The van der Waals surface area contributed by atoms with Gasteiger partial charge in [0.25, 0.3) is 0 Å². The number of fused-ring (bicyclic) bond motifs is 1. The van der Waals surface area contributed by atoms with Crippen molar-refractivity contribution < 1.29 is 24.2 Å². The molecule has 2 rings (SSSR count). The number of aliphatic hydroxyl groups is 1. The fraction of sp³-hybridized carbons (Fsp3) is 0.833. The average molecular weight is 409 g/mol. The van der Waals surface area contributed by atoms with Gasteiger partial charge in [-0.15, -0.1) is 6.58 Å². The number of ether oxygens (including phenoxy) is 2. The maximum Gasteiger partial charge on any atom is 0.303 e. The van der Waals surface area contributed by atoms with Crippen molar-refractivity contribution in [3.63, 3.8) is 0 Å². The largest absolute Gasteiger partial charge is 0.459 e. The Morgan fingerprint density at radius 3 is 2.31 bits per heavy atom. The Morgan fingerprint density at radius 2 is 1.79 bits per heavy atom. The highest BCUT2D eigenvalue weighted by Gasteiger charge is 2.60. The Kier molecular flexibility index (Phi) is 6.64. The number of esters is 2. The standard InChI is InChI=1S/C24H40O5/c1-9-23(7,27)20(28-16(2)25)15-19-22(6)13-10-12-21(4,5)18(22)11-14-24(19,8)29-17(3)26/h9,18-20,27H,1,10-15H2,2-8H3. The molecule has 0 aromatic carbocycles. The lowest BCUT2D eigenvalue weighted by Gasteiger charge is -2.62. The SMILES string of the molecule is C=CC(C)(O)C(CC1C(C)(OC(C)=O)CCC2C(C)(C)CCCC21C)OC(C)=O. The quantitative estimate of drug-likeness (QED) is 0.504. The highest BCUT2D eigenvalue weighted by molar-refractivity contribution is 5.67. The van der Waals surface area contributed by atoms with Crippen LogP contribution in [-0.2, 0) is 19.1 Å². The number of carbonyl (C=O) groups excluding carboxylic acids is 2. The molecule has 0 heterocycles. The smallest absolute Gasteiger partial charge is 0.303 e. The number of hydrogen-bond acceptors (Lipinski definition) is 5. The van der Waals surface area contributed by atoms with E-state index in [1.807, 2.05) is 6.92 Å². The van der Waals surface area contributed by atoms with Gasteiger partial charge in [-0.25, -0.2) is 0 Å². The molecular weight excluding hydrogens is 368 g/mol. The molecule has 5 heteroatoms. The zero-order valence-corrected chi connectivity index (χ0v) is 19.3. The van der Waals surface area contributed by atoms with E-state index in [0.717, 1.165) is 25.7 Å². The minimum atomic E-state index is -1.36. The Labute approximate surface area is 176 Å². The van der Waals surface area contributed by atoms with E-state index < -0.39 is 23.3 Å². The molecule has 6 unspecified atom stereocenters. The van der Waals surface area contributed by atoms with E-state index >= 15 is 0 Å². The zero-order valence-electron chi connectivity index (χ0n) is 19.3. The fourth-order valence-corrected chi connectivity index (χ4v) is 6.53. The summed E-state index contributed by atoms with van der Waals surface area (Å²) in [6.45, 7) is 17.1. The summed E-state index contributed by atoms with van der Waals surface area (Å²) in [5.41, 5.74) is -1.92. The molecule has 2 aliphatic carbocycles. The van der Waals surface area contributed by atoms with Crippen LogP contribution in [0.25, 0.3) is 0 Å². The predicted octanol–water partition coefficient (Wildman–Crippen LogP) is 4.81. The van der Waals surface area contributed by atoms with E-state index in [1.54, 1.807) is 6.92 Å². The van der Waals surface area contributed by atoms with Gasteiger partial charge >= 0.3 is 11.9 Å². The lowest BCUT2D eigenvalue weighted by Crippen LogP contribution is -2.60. The summed E-state index contributed by atoms with van der Waals surface area (Å²) in [7, 11) is 0. The van der Waals surface area contributed by atoms with Crippen LogP contribution in [0.5, 0.6) is 0 Å². The minimum absolute atomic E-state index is 0.0481. The normalized spacial score (nSPS) is 36.8. The van der Waals surface area contributed by atoms with E-state index in [1.165, 1.54) is 26.3 Å². The first-order valence-electron chi connectivity index (χ1n) is 10.9. The molecule has 5 nitrogen and oxygen atoms in total. The molecule has 166 valence electrons. The first kappa shape index (κ1) is 23.9. The first-order valence-corrected chi connectivity index (χ1v) is 10.9. The van der Waals surface area contributed by atoms with Crippen LogP contribution in [0.2, 0.25) is 0 Å². The van der Waals surface area contributed by atoms with E-state index in [-0.39, 0.29) is 22.7 Å². The molecule has 0 radical (unpaired) electrons. The summed E-state index contributed by atoms with van der Waals surface area (Å²) in [5, 5.41) is 10.9. The van der Waals surface area contributed by atoms with Crippen molar-refractivity contribution in [1.82, 2.24) is 0 Å². The second kappa shape index (κ2) is 8.05. The van der Waals surface area contributed by atoms with E-state index in [0.29, 0.717) is 12.3 Å². The third kappa shape index (κ3) is 4.70. The molecule has 2 fully saturated rings. The Hall–Kier alpha value is -1.36. The molecule has 0 amide bonds. The van der Waals surface area contributed by atoms with Gasteiger partial charge in [0.1, 0.15) is 17.3 Å². The maximum atomic E-state index is 12.0. The van der Waals surface area contributed by atoms with Crippen LogP contribution in [0, 0.1) is 22.7 Å². The molecule has 0 aliphatic heterocycles. The molecule has 6 atom stereocenters. The van der Waals surface area contributed by atoms with Crippen LogP contribution in [0.4, 0.5) is 0 Å². The Balaban J connectivity index is 2.52. The first-order chi connectivity index (χ1) is 13.2. The molecule has 2 aliphatic rings. The molecule has 2 saturated carbocycles. The van der Waals surface area contributed by atoms with Crippen molar-refractivity contribution in [2.45, 2.75) is 104 Å². The van der Waals surface area contributed by atoms with Crippen LogP contribution in [0.3, 0.4) is 0 Å². The summed E-state index contributed by atoms with van der Waals surface area (Å²) in [6, 6.07) is 0. The molecule has 0 bridgehead atoms. The summed E-state index contributed by atoms with van der Waals surface area (Å²) < 4.78 is 11.5. The van der Waals surface area contributed by atoms with E-state index in [4.69, 9.17) is 9.47 Å². The van der Waals surface area contributed by atoms with Crippen molar-refractivity contribution >= 4 is 11.9 Å². The molecule has 0 aromatic heterocycles. The third-order valence-corrected chi connectivity index (χ3v) is 7.94. The van der Waals surface area contributed by atoms with E-state index in [2.05, 4.69) is 27.4 Å². The van der Waals surface area contributed by atoms with E-state index in [9.17, 15) is 14.7 Å². The highest BCUT2D eigenvalue weighted by atomic mass is 16.6. The molecule has 0 saturated heterocycles. The molecule has 29 heavy (non-hydrogen) atoms. The number of carbonyl (C=O) groups is 2. The lowest BCUT2D eigenvalue weighted by molar-refractivity contribution is -0.210. The second-order valence-corrected chi connectivity index (χ2v) is 10.7. The molecule has 0 spiro atoms. The Morgan fingerprint density at radius 1 is 1.17 bits per heavy atom. The van der Waals surface area contributed by atoms with Crippen molar-refractivity contribution in [1.29, 1.82) is 0 Å². The van der Waals surface area contributed by atoms with Gasteiger partial charge < -0.3 is 14.6 Å². The van der Waals surface area contributed by atoms with Gasteiger partial charge in [0, 0.05) is 19.8 Å². The lowest BCUT2D eigenvalue weighted by atomic mass is 9.45. The summed E-state index contributed by atoms with van der Waals surface area (Å²) >= 11 is 0. The van der Waals surface area contributed by atoms with Crippen molar-refractivity contribution in [2.24, 2.45) is 22.7 Å². The van der Waals surface area contributed by atoms with Crippen molar-refractivity contribution in [3.8, 4) is 0 Å². The second-order valence-electron chi connectivity index (χ2n) is 10.7. The van der Waals surface area contributed by atoms with Crippen LogP contribution < -0.4 is 0 Å². The summed E-state index contributed by atoms with van der Waals surface area (Å²) in [5.74, 6) is -0.307. The minimum Gasteiger partial charge on any atom is -0.459 e. The van der Waals surface area contributed by atoms with Gasteiger partial charge in [-0.3, -0.25) is 9.59 Å². The van der Waals surface area contributed by atoms with Crippen LogP contribution in [0.1, 0.15) is 87.0 Å². The van der Waals surface area contributed by atoms with Crippen LogP contribution >= 0.6 is 0 Å². The zero-order chi connectivity index (χ0) is 22.3. The van der Waals surface area contributed by atoms with Gasteiger partial charge in [0.15, 0.2) is 0 Å². The maximum absolute atomic E-state index is 12.0. The van der Waals surface area contributed by atoms with Gasteiger partial charge in [-0.1, -0.05) is 33.3 Å². The predicted molar refractivity (Wildman–Crippen MR) is 113 cm³/mol. The van der Waals surface area contributed by atoms with Gasteiger partial charge in [0.2, 0.25) is 0 Å². The topological polar surface area (TPSA) is 72.8 Å². The molecule has 1 N–H and O–H groups in total. The fourth-order valence-electron chi connectivity index (χ4n) is 6.53. The van der Waals surface area contributed by atoms with Gasteiger partial charge in [-0.2, -0.15) is 0 Å². The number of rotatable bonds is 6. The summed E-state index contributed by atoms with van der Waals surface area (Å²) in [6.07, 6.45) is 6.20. The summed E-state index contributed by atoms with van der Waals surface area (Å²) in [4.78, 5) is 23.8. The molecule has 0 aromatic rings. The molecular formula is C24H40O5. The highest BCUT2D eigenvalue weighted by Crippen LogP contribution is 2.64. The van der Waals surface area contributed by atoms with Crippen LogP contribution in [0.15, 0.2) is 12.7 Å².